The smallest absolute Gasteiger partial charge is 0.247 e. The third kappa shape index (κ3) is 6.53. The third-order valence-corrected chi connectivity index (χ3v) is 7.54. The number of anilines is 2. The van der Waals surface area contributed by atoms with Gasteiger partial charge in [-0.1, -0.05) is 30.3 Å². The molecule has 1 saturated heterocycles. The van der Waals surface area contributed by atoms with E-state index in [1.54, 1.807) is 28.8 Å². The molecule has 5 rings (SSSR count). The largest absolute Gasteiger partial charge is 0.379 e. The van der Waals surface area contributed by atoms with Gasteiger partial charge in [-0.15, -0.1) is 5.10 Å². The van der Waals surface area contributed by atoms with Crippen molar-refractivity contribution in [3.05, 3.63) is 72.3 Å². The van der Waals surface area contributed by atoms with Gasteiger partial charge in [0, 0.05) is 37.1 Å². The van der Waals surface area contributed by atoms with Gasteiger partial charge in [-0.2, -0.15) is 4.98 Å². The molecule has 1 fully saturated rings. The molecule has 0 amide bonds. The number of fused-ring (bicyclic) bond motifs is 1. The average Bonchev–Trinajstić information content (AvgIpc) is 3.32. The van der Waals surface area contributed by atoms with E-state index in [4.69, 9.17) is 4.74 Å². The van der Waals surface area contributed by atoms with Crippen molar-refractivity contribution in [3.63, 3.8) is 0 Å². The molecular formula is C27H32N6O3S. The number of benzene rings is 2. The fourth-order valence-corrected chi connectivity index (χ4v) is 5.00. The molecule has 0 saturated carbocycles. The standard InChI is InChI=1S/C27H32N6O3S/c1-37(34,35)24-12-8-22(9-13-24)25-4-2-5-26-30-27(31-33(25)26)29-23-10-6-21(7-11-23)20-28-14-3-15-32-16-18-36-19-17-32/h2,4-13,28H,3,14-20H2,1H3,(H,29,31). The van der Waals surface area contributed by atoms with Gasteiger partial charge in [-0.3, -0.25) is 4.90 Å². The third-order valence-electron chi connectivity index (χ3n) is 6.41. The maximum absolute atomic E-state index is 11.8. The zero-order chi connectivity index (χ0) is 25.7. The van der Waals surface area contributed by atoms with E-state index in [2.05, 4.69) is 37.7 Å². The van der Waals surface area contributed by atoms with E-state index in [0.717, 1.165) is 69.3 Å². The van der Waals surface area contributed by atoms with Gasteiger partial charge < -0.3 is 15.4 Å². The second-order valence-electron chi connectivity index (χ2n) is 9.22. The van der Waals surface area contributed by atoms with Crippen LogP contribution in [0.3, 0.4) is 0 Å². The molecule has 194 valence electrons. The van der Waals surface area contributed by atoms with E-state index in [0.29, 0.717) is 11.6 Å². The molecule has 4 aromatic rings. The lowest BCUT2D eigenvalue weighted by atomic mass is 10.1. The van der Waals surface area contributed by atoms with Crippen molar-refractivity contribution < 1.29 is 13.2 Å². The first-order valence-electron chi connectivity index (χ1n) is 12.5. The van der Waals surface area contributed by atoms with Crippen LogP contribution in [0.4, 0.5) is 11.6 Å². The predicted molar refractivity (Wildman–Crippen MR) is 145 cm³/mol. The Labute approximate surface area is 217 Å². The molecule has 2 aromatic carbocycles. The zero-order valence-corrected chi connectivity index (χ0v) is 21.7. The summed E-state index contributed by atoms with van der Waals surface area (Å²) in [6, 6.07) is 20.8. The van der Waals surface area contributed by atoms with Crippen LogP contribution in [-0.4, -0.2) is 73.6 Å². The van der Waals surface area contributed by atoms with Crippen LogP contribution in [0, 0.1) is 0 Å². The van der Waals surface area contributed by atoms with Crippen molar-refractivity contribution in [2.75, 3.05) is 51.0 Å². The summed E-state index contributed by atoms with van der Waals surface area (Å²) >= 11 is 0. The highest BCUT2D eigenvalue weighted by molar-refractivity contribution is 7.90. The highest BCUT2D eigenvalue weighted by atomic mass is 32.2. The van der Waals surface area contributed by atoms with Crippen LogP contribution in [0.25, 0.3) is 16.9 Å². The van der Waals surface area contributed by atoms with Gasteiger partial charge in [0.15, 0.2) is 15.5 Å². The molecule has 0 bridgehead atoms. The minimum absolute atomic E-state index is 0.288. The summed E-state index contributed by atoms with van der Waals surface area (Å²) in [6.07, 6.45) is 2.33. The zero-order valence-electron chi connectivity index (χ0n) is 20.9. The fourth-order valence-electron chi connectivity index (χ4n) is 4.37. The van der Waals surface area contributed by atoms with Crippen LogP contribution in [-0.2, 0) is 21.1 Å². The van der Waals surface area contributed by atoms with Crippen LogP contribution in [0.15, 0.2) is 71.6 Å². The Bertz CT molecular complexity index is 1430. The molecule has 9 nitrogen and oxygen atoms in total. The number of rotatable bonds is 10. The lowest BCUT2D eigenvalue weighted by Crippen LogP contribution is -2.37. The number of aromatic nitrogens is 3. The first kappa shape index (κ1) is 25.3. The summed E-state index contributed by atoms with van der Waals surface area (Å²) in [5.74, 6) is 0.495. The Morgan fingerprint density at radius 2 is 1.73 bits per heavy atom. The number of nitrogens with zero attached hydrogens (tertiary/aromatic N) is 4. The molecule has 0 unspecified atom stereocenters. The van der Waals surface area contributed by atoms with Gasteiger partial charge in [0.1, 0.15) is 0 Å². The summed E-state index contributed by atoms with van der Waals surface area (Å²) in [6.45, 7) is 6.70. The van der Waals surface area contributed by atoms with Crippen molar-refractivity contribution in [1.29, 1.82) is 0 Å². The van der Waals surface area contributed by atoms with Crippen LogP contribution >= 0.6 is 0 Å². The Morgan fingerprint density at radius 1 is 0.973 bits per heavy atom. The summed E-state index contributed by atoms with van der Waals surface area (Å²) in [5, 5.41) is 11.4. The maximum atomic E-state index is 11.8. The molecule has 0 spiro atoms. The van der Waals surface area contributed by atoms with Crippen molar-refractivity contribution >= 4 is 27.1 Å². The summed E-state index contributed by atoms with van der Waals surface area (Å²) < 4.78 is 30.7. The maximum Gasteiger partial charge on any atom is 0.247 e. The molecule has 2 N–H and O–H groups in total. The summed E-state index contributed by atoms with van der Waals surface area (Å²) in [4.78, 5) is 7.35. The normalized spacial score (nSPS) is 14.7. The first-order valence-corrected chi connectivity index (χ1v) is 14.4. The summed E-state index contributed by atoms with van der Waals surface area (Å²) in [7, 11) is -3.24. The minimum atomic E-state index is -3.24. The number of morpholine rings is 1. The van der Waals surface area contributed by atoms with E-state index in [1.807, 2.05) is 30.3 Å². The van der Waals surface area contributed by atoms with E-state index in [9.17, 15) is 8.42 Å². The van der Waals surface area contributed by atoms with Crippen LogP contribution < -0.4 is 10.6 Å². The SMILES string of the molecule is CS(=O)(=O)c1ccc(-c2cccc3nc(Nc4ccc(CNCCCN5CCOCC5)cc4)nn23)cc1. The van der Waals surface area contributed by atoms with E-state index >= 15 is 0 Å². The highest BCUT2D eigenvalue weighted by Crippen LogP contribution is 2.23. The Balaban J connectivity index is 1.18. The first-order chi connectivity index (χ1) is 18.0. The van der Waals surface area contributed by atoms with Gasteiger partial charge in [-0.25, -0.2) is 12.9 Å². The second-order valence-corrected chi connectivity index (χ2v) is 11.2. The number of ether oxygens (including phenoxy) is 1. The molecule has 10 heteroatoms. The van der Waals surface area contributed by atoms with E-state index in [1.165, 1.54) is 11.8 Å². The van der Waals surface area contributed by atoms with Crippen molar-refractivity contribution in [1.82, 2.24) is 24.8 Å². The number of sulfone groups is 1. The lowest BCUT2D eigenvalue weighted by Gasteiger charge is -2.26. The average molecular weight is 521 g/mol. The monoisotopic (exact) mass is 520 g/mol. The molecule has 3 heterocycles. The van der Waals surface area contributed by atoms with Gasteiger partial charge in [-0.05, 0) is 61.5 Å². The fraction of sp³-hybridized carbons (Fsp3) is 0.333. The Hall–Kier alpha value is -3.31. The summed E-state index contributed by atoms with van der Waals surface area (Å²) in [5.41, 5.74) is 4.51. The quantitative estimate of drug-likeness (QED) is 0.307. The van der Waals surface area contributed by atoms with E-state index in [-0.39, 0.29) is 4.90 Å². The van der Waals surface area contributed by atoms with Crippen LogP contribution in [0.5, 0.6) is 0 Å². The van der Waals surface area contributed by atoms with Crippen molar-refractivity contribution in [2.24, 2.45) is 0 Å². The number of nitrogens with one attached hydrogen (secondary N) is 2. The molecule has 0 atom stereocenters. The van der Waals surface area contributed by atoms with Crippen molar-refractivity contribution in [2.45, 2.75) is 17.9 Å². The number of pyridine rings is 1. The minimum Gasteiger partial charge on any atom is -0.379 e. The Morgan fingerprint density at radius 3 is 2.46 bits per heavy atom. The molecule has 1 aliphatic heterocycles. The molecule has 37 heavy (non-hydrogen) atoms. The highest BCUT2D eigenvalue weighted by Gasteiger charge is 2.12. The molecular weight excluding hydrogens is 488 g/mol. The van der Waals surface area contributed by atoms with Crippen molar-refractivity contribution in [3.8, 4) is 11.3 Å². The second kappa shape index (κ2) is 11.4. The van der Waals surface area contributed by atoms with Gasteiger partial charge >= 0.3 is 0 Å². The molecule has 1 aliphatic rings. The van der Waals surface area contributed by atoms with Gasteiger partial charge in [0.25, 0.3) is 0 Å². The van der Waals surface area contributed by atoms with E-state index < -0.39 is 9.84 Å². The topological polar surface area (TPSA) is 101 Å². The predicted octanol–water partition coefficient (Wildman–Crippen LogP) is 3.36. The molecule has 0 radical (unpaired) electrons. The molecule has 0 aliphatic carbocycles. The molecule has 2 aromatic heterocycles. The van der Waals surface area contributed by atoms with Crippen LogP contribution in [0.1, 0.15) is 12.0 Å². The Kier molecular flexibility index (Phi) is 7.80. The van der Waals surface area contributed by atoms with Crippen LogP contribution in [0.2, 0.25) is 0 Å². The number of hydrogen-bond donors (Lipinski definition) is 2. The lowest BCUT2D eigenvalue weighted by molar-refractivity contribution is 0.0374. The van der Waals surface area contributed by atoms with Gasteiger partial charge in [0.05, 0.1) is 23.8 Å². The number of hydrogen-bond acceptors (Lipinski definition) is 8. The van der Waals surface area contributed by atoms with Gasteiger partial charge in [0.2, 0.25) is 5.95 Å².